The summed E-state index contributed by atoms with van der Waals surface area (Å²) in [5, 5.41) is 0. The van der Waals surface area contributed by atoms with Crippen LogP contribution in [0.1, 0.15) is 53.9 Å². The Morgan fingerprint density at radius 3 is 2.21 bits per heavy atom. The molecule has 0 N–H and O–H groups in total. The van der Waals surface area contributed by atoms with Gasteiger partial charge in [-0.2, -0.15) is 0 Å². The van der Waals surface area contributed by atoms with Gasteiger partial charge in [-0.25, -0.2) is 0 Å². The molecule has 0 aliphatic carbocycles. The second-order valence-electron chi connectivity index (χ2n) is 5.70. The van der Waals surface area contributed by atoms with E-state index in [-0.39, 0.29) is 11.4 Å². The zero-order valence-electron chi connectivity index (χ0n) is 13.3. The molecule has 0 unspecified atom stereocenters. The van der Waals surface area contributed by atoms with E-state index in [1.54, 1.807) is 0 Å². The van der Waals surface area contributed by atoms with Crippen molar-refractivity contribution in [3.63, 3.8) is 0 Å². The van der Waals surface area contributed by atoms with E-state index in [4.69, 9.17) is 0 Å². The molecular weight excluding hydrogens is 236 g/mol. The van der Waals surface area contributed by atoms with Crippen LogP contribution in [-0.4, -0.2) is 13.1 Å². The summed E-state index contributed by atoms with van der Waals surface area (Å²) in [6.45, 7) is 14.8. The van der Waals surface area contributed by atoms with E-state index in [9.17, 15) is 4.79 Å². The van der Waals surface area contributed by atoms with Gasteiger partial charge in [-0.15, -0.1) is 0 Å². The van der Waals surface area contributed by atoms with Gasteiger partial charge < -0.3 is 4.74 Å². The fraction of sp³-hybridized carbons (Fsp3) is 0.588. The van der Waals surface area contributed by atoms with Gasteiger partial charge in [0.25, 0.3) is 0 Å². The Balaban J connectivity index is 5.09. The van der Waals surface area contributed by atoms with Gasteiger partial charge in [-0.05, 0) is 30.8 Å². The molecule has 0 aromatic heterocycles. The molecular formula is C17H28O2. The number of carbonyl (C=O) groups excluding carboxylic acids is 1. The maximum Gasteiger partial charge on any atom is 0.305 e. The predicted octanol–water partition coefficient (Wildman–Crippen LogP) is 4.82. The first-order valence-corrected chi connectivity index (χ1v) is 6.88. The lowest BCUT2D eigenvalue weighted by molar-refractivity contribution is -0.140. The predicted molar refractivity (Wildman–Crippen MR) is 82.0 cm³/mol. The molecule has 2 nitrogen and oxygen atoms in total. The fourth-order valence-electron chi connectivity index (χ4n) is 1.87. The van der Waals surface area contributed by atoms with E-state index < -0.39 is 0 Å². The molecule has 0 saturated carbocycles. The van der Waals surface area contributed by atoms with E-state index in [0.29, 0.717) is 12.8 Å². The summed E-state index contributed by atoms with van der Waals surface area (Å²) in [5.74, 6) is -0.167. The van der Waals surface area contributed by atoms with E-state index in [1.165, 1.54) is 12.7 Å². The van der Waals surface area contributed by atoms with Crippen molar-refractivity contribution in [2.45, 2.75) is 53.9 Å². The lowest BCUT2D eigenvalue weighted by Crippen LogP contribution is -2.11. The minimum Gasteiger partial charge on any atom is -0.469 e. The lowest BCUT2D eigenvalue weighted by atomic mass is 9.80. The molecule has 0 aromatic carbocycles. The quantitative estimate of drug-likeness (QED) is 0.507. The van der Waals surface area contributed by atoms with Crippen molar-refractivity contribution in [1.82, 2.24) is 0 Å². The highest BCUT2D eigenvalue weighted by Crippen LogP contribution is 2.33. The van der Waals surface area contributed by atoms with Crippen LogP contribution in [0.5, 0.6) is 0 Å². The van der Waals surface area contributed by atoms with Crippen LogP contribution in [0, 0.1) is 5.41 Å². The van der Waals surface area contributed by atoms with Crippen molar-refractivity contribution in [3.05, 3.63) is 35.5 Å². The van der Waals surface area contributed by atoms with E-state index in [0.717, 1.165) is 17.6 Å². The van der Waals surface area contributed by atoms with Crippen molar-refractivity contribution in [2.24, 2.45) is 5.41 Å². The SMILES string of the molecule is C=C(CC)C(=CC(=CC)CCC(=O)OC)C(C)(C)C. The highest BCUT2D eigenvalue weighted by Gasteiger charge is 2.19. The molecule has 0 rings (SSSR count). The summed E-state index contributed by atoms with van der Waals surface area (Å²) in [6.07, 6.45) is 6.30. The number of carbonyl (C=O) groups is 1. The van der Waals surface area contributed by atoms with Gasteiger partial charge in [0.05, 0.1) is 7.11 Å². The van der Waals surface area contributed by atoms with Gasteiger partial charge in [0, 0.05) is 6.42 Å². The molecule has 108 valence electrons. The van der Waals surface area contributed by atoms with Crippen LogP contribution in [0.15, 0.2) is 35.5 Å². The number of hydrogen-bond donors (Lipinski definition) is 0. The van der Waals surface area contributed by atoms with Gasteiger partial charge in [-0.3, -0.25) is 4.79 Å². The number of allylic oxidation sites excluding steroid dienone is 5. The Morgan fingerprint density at radius 2 is 1.84 bits per heavy atom. The molecule has 0 amide bonds. The molecule has 0 atom stereocenters. The van der Waals surface area contributed by atoms with Crippen LogP contribution >= 0.6 is 0 Å². The number of methoxy groups -OCH3 is 1. The Kier molecular flexibility index (Phi) is 7.43. The average Bonchev–Trinajstić information content (AvgIpc) is 2.36. The largest absolute Gasteiger partial charge is 0.469 e. The third kappa shape index (κ3) is 6.42. The van der Waals surface area contributed by atoms with E-state index in [1.807, 2.05) is 6.92 Å². The highest BCUT2D eigenvalue weighted by atomic mass is 16.5. The average molecular weight is 264 g/mol. The molecule has 0 saturated heterocycles. The molecule has 0 spiro atoms. The maximum atomic E-state index is 11.2. The molecule has 0 heterocycles. The van der Waals surface area contributed by atoms with Gasteiger partial charge in [0.15, 0.2) is 0 Å². The van der Waals surface area contributed by atoms with Crippen LogP contribution in [0.4, 0.5) is 0 Å². The normalized spacial score (nSPS) is 13.4. The van der Waals surface area contributed by atoms with Crippen molar-refractivity contribution < 1.29 is 9.53 Å². The fourth-order valence-corrected chi connectivity index (χ4v) is 1.87. The van der Waals surface area contributed by atoms with Crippen molar-refractivity contribution >= 4 is 5.97 Å². The summed E-state index contributed by atoms with van der Waals surface area (Å²) in [6, 6.07) is 0. The highest BCUT2D eigenvalue weighted by molar-refractivity contribution is 5.69. The number of hydrogen-bond acceptors (Lipinski definition) is 2. The first kappa shape index (κ1) is 17.7. The first-order chi connectivity index (χ1) is 8.76. The van der Waals surface area contributed by atoms with Gasteiger partial charge in [0.1, 0.15) is 0 Å². The third-order valence-electron chi connectivity index (χ3n) is 3.16. The molecule has 0 radical (unpaired) electrons. The second-order valence-corrected chi connectivity index (χ2v) is 5.70. The Hall–Kier alpha value is -1.31. The van der Waals surface area contributed by atoms with Crippen molar-refractivity contribution in [3.8, 4) is 0 Å². The number of esters is 1. The van der Waals surface area contributed by atoms with Crippen molar-refractivity contribution in [2.75, 3.05) is 7.11 Å². The monoisotopic (exact) mass is 264 g/mol. The summed E-state index contributed by atoms with van der Waals surface area (Å²) >= 11 is 0. The molecule has 0 fully saturated rings. The van der Waals surface area contributed by atoms with Gasteiger partial charge in [-0.1, -0.05) is 57.6 Å². The zero-order chi connectivity index (χ0) is 15.1. The topological polar surface area (TPSA) is 26.3 Å². The molecule has 0 aliphatic heterocycles. The lowest BCUT2D eigenvalue weighted by Gasteiger charge is -2.25. The summed E-state index contributed by atoms with van der Waals surface area (Å²) in [4.78, 5) is 11.2. The minimum absolute atomic E-state index is 0.0621. The Bertz CT molecular complexity index is 379. The third-order valence-corrected chi connectivity index (χ3v) is 3.16. The van der Waals surface area contributed by atoms with Gasteiger partial charge in [0.2, 0.25) is 0 Å². The summed E-state index contributed by atoms with van der Waals surface area (Å²) < 4.78 is 4.68. The maximum absolute atomic E-state index is 11.2. The van der Waals surface area contributed by atoms with E-state index >= 15 is 0 Å². The molecule has 0 aromatic rings. The van der Waals surface area contributed by atoms with Crippen molar-refractivity contribution in [1.29, 1.82) is 0 Å². The zero-order valence-corrected chi connectivity index (χ0v) is 13.3. The van der Waals surface area contributed by atoms with Crippen LogP contribution in [0.25, 0.3) is 0 Å². The molecule has 2 heteroatoms. The van der Waals surface area contributed by atoms with Crippen LogP contribution < -0.4 is 0 Å². The summed E-state index contributed by atoms with van der Waals surface area (Å²) in [7, 11) is 1.42. The Morgan fingerprint density at radius 1 is 1.26 bits per heavy atom. The molecule has 0 bridgehead atoms. The van der Waals surface area contributed by atoms with E-state index in [2.05, 4.69) is 51.2 Å². The standard InChI is InChI=1S/C17H28O2/c1-8-13(3)15(17(4,5)6)12-14(9-2)10-11-16(18)19-7/h9,12H,3,8,10-11H2,1-2,4-7H3. The second kappa shape index (κ2) is 7.98. The number of ether oxygens (including phenoxy) is 1. The minimum atomic E-state index is -0.167. The first-order valence-electron chi connectivity index (χ1n) is 6.88. The van der Waals surface area contributed by atoms with Crippen LogP contribution in [0.3, 0.4) is 0 Å². The van der Waals surface area contributed by atoms with Gasteiger partial charge >= 0.3 is 5.97 Å². The summed E-state index contributed by atoms with van der Waals surface area (Å²) in [5.41, 5.74) is 3.63. The van der Waals surface area contributed by atoms with Crippen LogP contribution in [-0.2, 0) is 9.53 Å². The Labute approximate surface area is 118 Å². The molecule has 19 heavy (non-hydrogen) atoms. The molecule has 0 aliphatic rings. The number of rotatable bonds is 6. The smallest absolute Gasteiger partial charge is 0.305 e. The van der Waals surface area contributed by atoms with Crippen LogP contribution in [0.2, 0.25) is 0 Å².